The number of hydrogen-bond donors (Lipinski definition) is 0. The molecule has 1 aliphatic heterocycles. The van der Waals surface area contributed by atoms with Crippen molar-refractivity contribution in [3.05, 3.63) is 60.2 Å². The number of para-hydroxylation sites is 2. The first-order chi connectivity index (χ1) is 11.8. The molecule has 1 fully saturated rings. The van der Waals surface area contributed by atoms with Crippen LogP contribution < -0.4 is 9.47 Å². The number of ether oxygens (including phenoxy) is 3. The Morgan fingerprint density at radius 3 is 2.40 bits per heavy atom. The van der Waals surface area contributed by atoms with Gasteiger partial charge in [0.25, 0.3) is 0 Å². The number of benzene rings is 2. The lowest BCUT2D eigenvalue weighted by Gasteiger charge is -2.32. The summed E-state index contributed by atoms with van der Waals surface area (Å²) >= 11 is 0. The highest BCUT2D eigenvalue weighted by Gasteiger charge is 2.21. The van der Waals surface area contributed by atoms with Gasteiger partial charge in [0.05, 0.1) is 13.2 Å². The molecule has 1 heterocycles. The van der Waals surface area contributed by atoms with Crippen LogP contribution in [0.2, 0.25) is 0 Å². The Morgan fingerprint density at radius 2 is 1.68 bits per heavy atom. The van der Waals surface area contributed by atoms with E-state index in [4.69, 9.17) is 14.2 Å². The van der Waals surface area contributed by atoms with Crippen LogP contribution in [0.1, 0.15) is 12.5 Å². The van der Waals surface area contributed by atoms with Gasteiger partial charge in [-0.15, -0.1) is 12.4 Å². The van der Waals surface area contributed by atoms with E-state index in [0.29, 0.717) is 13.2 Å². The average molecular weight is 364 g/mol. The van der Waals surface area contributed by atoms with Gasteiger partial charge in [-0.25, -0.2) is 0 Å². The van der Waals surface area contributed by atoms with E-state index in [1.165, 1.54) is 5.56 Å². The summed E-state index contributed by atoms with van der Waals surface area (Å²) in [5.74, 6) is 1.57. The fraction of sp³-hybridized carbons (Fsp3) is 0.400. The predicted octanol–water partition coefficient (Wildman–Crippen LogP) is 3.79. The largest absolute Gasteiger partial charge is 0.490 e. The molecule has 0 spiro atoms. The third-order valence-electron chi connectivity index (χ3n) is 4.05. The first-order valence-electron chi connectivity index (χ1n) is 8.57. The maximum atomic E-state index is 5.95. The van der Waals surface area contributed by atoms with E-state index in [1.807, 2.05) is 31.2 Å². The number of nitrogens with zero attached hydrogens (tertiary/aromatic N) is 1. The normalized spacial score (nSPS) is 17.6. The lowest BCUT2D eigenvalue weighted by atomic mass is 10.2. The monoisotopic (exact) mass is 363 g/mol. The van der Waals surface area contributed by atoms with Crippen LogP contribution in [0.15, 0.2) is 54.6 Å². The molecule has 4 nitrogen and oxygen atoms in total. The summed E-state index contributed by atoms with van der Waals surface area (Å²) in [4.78, 5) is 2.42. The number of hydrogen-bond acceptors (Lipinski definition) is 4. The molecule has 2 aromatic carbocycles. The minimum atomic E-state index is 0. The molecule has 2 aromatic rings. The van der Waals surface area contributed by atoms with E-state index >= 15 is 0 Å². The second-order valence-corrected chi connectivity index (χ2v) is 5.90. The van der Waals surface area contributed by atoms with E-state index in [-0.39, 0.29) is 18.5 Å². The van der Waals surface area contributed by atoms with Crippen molar-refractivity contribution in [1.29, 1.82) is 0 Å². The molecule has 3 rings (SSSR count). The average Bonchev–Trinajstić information content (AvgIpc) is 2.62. The van der Waals surface area contributed by atoms with Gasteiger partial charge >= 0.3 is 0 Å². The quantitative estimate of drug-likeness (QED) is 0.749. The molecule has 0 bridgehead atoms. The third kappa shape index (κ3) is 5.92. The van der Waals surface area contributed by atoms with Gasteiger partial charge in [0.1, 0.15) is 12.7 Å². The van der Waals surface area contributed by atoms with E-state index in [9.17, 15) is 0 Å². The van der Waals surface area contributed by atoms with Gasteiger partial charge in [0, 0.05) is 19.6 Å². The van der Waals surface area contributed by atoms with Crippen molar-refractivity contribution in [1.82, 2.24) is 4.90 Å². The minimum Gasteiger partial charge on any atom is -0.490 e. The summed E-state index contributed by atoms with van der Waals surface area (Å²) in [7, 11) is 0. The Hall–Kier alpha value is -1.75. The number of rotatable bonds is 7. The van der Waals surface area contributed by atoms with Crippen LogP contribution >= 0.6 is 12.4 Å². The highest BCUT2D eigenvalue weighted by Crippen LogP contribution is 2.26. The lowest BCUT2D eigenvalue weighted by molar-refractivity contribution is -0.0507. The Morgan fingerprint density at radius 1 is 1.00 bits per heavy atom. The zero-order valence-electron chi connectivity index (χ0n) is 14.6. The summed E-state index contributed by atoms with van der Waals surface area (Å²) in [6, 6.07) is 18.3. The molecular weight excluding hydrogens is 338 g/mol. The maximum Gasteiger partial charge on any atom is 0.161 e. The molecule has 0 aliphatic carbocycles. The SMILES string of the molecule is CCOc1ccccc1OC[C@@H]1CN(Cc2ccccc2)CCO1.Cl. The van der Waals surface area contributed by atoms with Crippen LogP contribution in [0, 0.1) is 0 Å². The van der Waals surface area contributed by atoms with Gasteiger partial charge in [0.15, 0.2) is 11.5 Å². The molecular formula is C20H26ClNO3. The van der Waals surface area contributed by atoms with Crippen molar-refractivity contribution in [2.45, 2.75) is 19.6 Å². The van der Waals surface area contributed by atoms with Crippen LogP contribution in [0.5, 0.6) is 11.5 Å². The smallest absolute Gasteiger partial charge is 0.161 e. The van der Waals surface area contributed by atoms with Crippen LogP contribution in [-0.2, 0) is 11.3 Å². The van der Waals surface area contributed by atoms with E-state index in [0.717, 1.165) is 37.7 Å². The Bertz CT molecular complexity index is 623. The summed E-state index contributed by atoms with van der Waals surface area (Å²) in [6.07, 6.45) is 0.0807. The van der Waals surface area contributed by atoms with Gasteiger partial charge in [-0.1, -0.05) is 42.5 Å². The zero-order valence-corrected chi connectivity index (χ0v) is 15.4. The van der Waals surface area contributed by atoms with Crippen molar-refractivity contribution in [3.8, 4) is 11.5 Å². The van der Waals surface area contributed by atoms with Crippen LogP contribution in [0.25, 0.3) is 0 Å². The highest BCUT2D eigenvalue weighted by atomic mass is 35.5. The number of morpholine rings is 1. The zero-order chi connectivity index (χ0) is 16.6. The topological polar surface area (TPSA) is 30.9 Å². The molecule has 1 aliphatic rings. The second kappa shape index (κ2) is 10.3. The van der Waals surface area contributed by atoms with Crippen LogP contribution in [-0.4, -0.2) is 43.9 Å². The van der Waals surface area contributed by atoms with Gasteiger partial charge in [-0.05, 0) is 24.6 Å². The molecule has 0 N–H and O–H groups in total. The molecule has 0 radical (unpaired) electrons. The fourth-order valence-electron chi connectivity index (χ4n) is 2.89. The molecule has 0 aromatic heterocycles. The molecule has 0 amide bonds. The van der Waals surface area contributed by atoms with Crippen molar-refractivity contribution < 1.29 is 14.2 Å². The molecule has 136 valence electrons. The summed E-state index contributed by atoms with van der Waals surface area (Å²) < 4.78 is 17.4. The summed E-state index contributed by atoms with van der Waals surface area (Å²) in [6.45, 7) is 6.68. The van der Waals surface area contributed by atoms with Gasteiger partial charge in [-0.2, -0.15) is 0 Å². The summed E-state index contributed by atoms with van der Waals surface area (Å²) in [5, 5.41) is 0. The van der Waals surface area contributed by atoms with Crippen molar-refractivity contribution >= 4 is 12.4 Å². The molecule has 1 atom stereocenters. The van der Waals surface area contributed by atoms with Gasteiger partial charge < -0.3 is 14.2 Å². The van der Waals surface area contributed by atoms with Crippen molar-refractivity contribution in [2.24, 2.45) is 0 Å². The van der Waals surface area contributed by atoms with Crippen molar-refractivity contribution in [2.75, 3.05) is 32.9 Å². The van der Waals surface area contributed by atoms with Gasteiger partial charge in [-0.3, -0.25) is 4.90 Å². The van der Waals surface area contributed by atoms with E-state index in [2.05, 4.69) is 35.2 Å². The first-order valence-corrected chi connectivity index (χ1v) is 8.57. The fourth-order valence-corrected chi connectivity index (χ4v) is 2.89. The van der Waals surface area contributed by atoms with E-state index in [1.54, 1.807) is 0 Å². The van der Waals surface area contributed by atoms with Crippen LogP contribution in [0.3, 0.4) is 0 Å². The Labute approximate surface area is 156 Å². The van der Waals surface area contributed by atoms with Gasteiger partial charge in [0.2, 0.25) is 0 Å². The van der Waals surface area contributed by atoms with Crippen LogP contribution in [0.4, 0.5) is 0 Å². The first kappa shape index (κ1) is 19.6. The maximum absolute atomic E-state index is 5.95. The Balaban J connectivity index is 0.00000225. The highest BCUT2D eigenvalue weighted by molar-refractivity contribution is 5.85. The molecule has 0 unspecified atom stereocenters. The third-order valence-corrected chi connectivity index (χ3v) is 4.05. The number of halogens is 1. The molecule has 5 heteroatoms. The lowest BCUT2D eigenvalue weighted by Crippen LogP contribution is -2.44. The summed E-state index contributed by atoms with van der Waals surface area (Å²) in [5.41, 5.74) is 1.33. The second-order valence-electron chi connectivity index (χ2n) is 5.90. The predicted molar refractivity (Wildman–Crippen MR) is 102 cm³/mol. The minimum absolute atomic E-state index is 0. The molecule has 25 heavy (non-hydrogen) atoms. The molecule has 1 saturated heterocycles. The standard InChI is InChI=1S/C20H25NO3.ClH/c1-2-22-19-10-6-7-11-20(19)24-16-18-15-21(12-13-23-18)14-17-8-4-3-5-9-17;/h3-11,18H,2,12-16H2,1H3;1H/t18-;/m0./s1. The van der Waals surface area contributed by atoms with E-state index < -0.39 is 0 Å². The Kier molecular flexibility index (Phi) is 8.06. The molecule has 0 saturated carbocycles. The van der Waals surface area contributed by atoms with Crippen molar-refractivity contribution in [3.63, 3.8) is 0 Å².